The quantitative estimate of drug-likeness (QED) is 0.668. The number of halogens is 3. The zero-order chi connectivity index (χ0) is 24.1. The number of nitrogens with zero attached hydrogens (tertiary/aromatic N) is 4. The topological polar surface area (TPSA) is 140 Å². The summed E-state index contributed by atoms with van der Waals surface area (Å²) in [6.07, 6.45) is -1.99. The van der Waals surface area contributed by atoms with E-state index >= 15 is 0 Å². The molecular formula is C19H19F3N6O4S. The van der Waals surface area contributed by atoms with Crippen molar-refractivity contribution in [3.05, 3.63) is 53.4 Å². The van der Waals surface area contributed by atoms with E-state index in [4.69, 9.17) is 10.5 Å². The van der Waals surface area contributed by atoms with E-state index in [9.17, 15) is 26.4 Å². The predicted molar refractivity (Wildman–Crippen MR) is 111 cm³/mol. The van der Waals surface area contributed by atoms with Crippen LogP contribution < -0.4 is 11.1 Å². The van der Waals surface area contributed by atoms with E-state index in [1.807, 2.05) is 0 Å². The van der Waals surface area contributed by atoms with Crippen molar-refractivity contribution in [3.8, 4) is 0 Å². The molecule has 1 saturated heterocycles. The summed E-state index contributed by atoms with van der Waals surface area (Å²) in [4.78, 5) is 23.9. The van der Waals surface area contributed by atoms with Crippen LogP contribution in [0.4, 0.5) is 18.9 Å². The molecule has 1 aromatic carbocycles. The molecule has 1 amide bonds. The van der Waals surface area contributed by atoms with Gasteiger partial charge in [0.15, 0.2) is 0 Å². The minimum absolute atomic E-state index is 0.0916. The summed E-state index contributed by atoms with van der Waals surface area (Å²) in [5.41, 5.74) is 3.29. The Labute approximate surface area is 186 Å². The standard InChI is InChI=1S/C19H19F3N6O4S/c1-9-15-19(8-32-9,27-18(23)28(2)33(15,30)31)11-5-10(3-4-12(11)20)26-17(29)14-7-24-13(6-25-14)16(21)22/h3-7,9,15-16H,8H2,1-2H3,(H2,23,27)(H,26,29)/t9-,15-,19+/m0/s1. The van der Waals surface area contributed by atoms with Gasteiger partial charge in [-0.05, 0) is 25.1 Å². The predicted octanol–water partition coefficient (Wildman–Crippen LogP) is 1.38. The highest BCUT2D eigenvalue weighted by Gasteiger charge is 2.61. The molecule has 2 aromatic rings. The van der Waals surface area contributed by atoms with Gasteiger partial charge in [0, 0.05) is 18.3 Å². The number of aliphatic imine (C=N–C) groups is 1. The monoisotopic (exact) mass is 484 g/mol. The highest BCUT2D eigenvalue weighted by molar-refractivity contribution is 7.90. The normalized spacial score (nSPS) is 26.1. The number of rotatable bonds is 4. The van der Waals surface area contributed by atoms with Crippen LogP contribution in [-0.2, 0) is 20.3 Å². The molecular weight excluding hydrogens is 465 g/mol. The Hall–Kier alpha value is -3.26. The molecule has 176 valence electrons. The zero-order valence-electron chi connectivity index (χ0n) is 17.4. The van der Waals surface area contributed by atoms with E-state index in [2.05, 4.69) is 20.3 Å². The van der Waals surface area contributed by atoms with Crippen LogP contribution in [0.1, 0.15) is 35.1 Å². The van der Waals surface area contributed by atoms with Crippen LogP contribution in [0.5, 0.6) is 0 Å². The van der Waals surface area contributed by atoms with Gasteiger partial charge in [-0.3, -0.25) is 9.78 Å². The molecule has 3 heterocycles. The molecule has 3 N–H and O–H groups in total. The molecule has 3 atom stereocenters. The lowest BCUT2D eigenvalue weighted by Crippen LogP contribution is -2.58. The average molecular weight is 484 g/mol. The van der Waals surface area contributed by atoms with Gasteiger partial charge in [0.2, 0.25) is 16.0 Å². The summed E-state index contributed by atoms with van der Waals surface area (Å²) in [6.45, 7) is 1.29. The fourth-order valence-electron chi connectivity index (χ4n) is 3.97. The Kier molecular flexibility index (Phi) is 5.52. The minimum Gasteiger partial charge on any atom is -0.374 e. The zero-order valence-corrected chi connectivity index (χ0v) is 18.2. The van der Waals surface area contributed by atoms with Crippen LogP contribution >= 0.6 is 0 Å². The molecule has 1 aromatic heterocycles. The van der Waals surface area contributed by atoms with E-state index in [1.165, 1.54) is 19.2 Å². The van der Waals surface area contributed by atoms with Crippen molar-refractivity contribution in [2.24, 2.45) is 10.7 Å². The highest BCUT2D eigenvalue weighted by atomic mass is 32.2. The maximum atomic E-state index is 15.0. The first-order valence-electron chi connectivity index (χ1n) is 9.63. The number of ether oxygens (including phenoxy) is 1. The molecule has 2 aliphatic heterocycles. The van der Waals surface area contributed by atoms with Crippen LogP contribution in [0.25, 0.3) is 0 Å². The van der Waals surface area contributed by atoms with Gasteiger partial charge < -0.3 is 15.8 Å². The smallest absolute Gasteiger partial charge is 0.281 e. The lowest BCUT2D eigenvalue weighted by Gasteiger charge is -2.39. The third kappa shape index (κ3) is 3.68. The summed E-state index contributed by atoms with van der Waals surface area (Å²) < 4.78 is 72.7. The molecule has 4 rings (SSSR count). The molecule has 0 saturated carbocycles. The molecule has 0 spiro atoms. The van der Waals surface area contributed by atoms with Crippen LogP contribution in [0.15, 0.2) is 35.6 Å². The number of fused-ring (bicyclic) bond motifs is 1. The number of carbonyl (C=O) groups is 1. The molecule has 1 fully saturated rings. The number of hydrogen-bond donors (Lipinski definition) is 2. The number of anilines is 1. The van der Waals surface area contributed by atoms with E-state index in [-0.39, 0.29) is 29.5 Å². The van der Waals surface area contributed by atoms with Gasteiger partial charge in [0.1, 0.15) is 28.0 Å². The molecule has 2 aliphatic rings. The number of carbonyl (C=O) groups excluding carboxylic acids is 1. The summed E-state index contributed by atoms with van der Waals surface area (Å²) in [5.74, 6) is -1.88. The van der Waals surface area contributed by atoms with E-state index in [0.717, 1.165) is 22.8 Å². The van der Waals surface area contributed by atoms with Crippen molar-refractivity contribution < 1.29 is 31.1 Å². The highest BCUT2D eigenvalue weighted by Crippen LogP contribution is 2.46. The number of benzene rings is 1. The lowest BCUT2D eigenvalue weighted by atomic mass is 9.86. The number of sulfonamides is 1. The van der Waals surface area contributed by atoms with Gasteiger partial charge in [0.25, 0.3) is 12.3 Å². The van der Waals surface area contributed by atoms with Crippen LogP contribution in [0.3, 0.4) is 0 Å². The second-order valence-corrected chi connectivity index (χ2v) is 9.70. The average Bonchev–Trinajstić information content (AvgIpc) is 3.11. The van der Waals surface area contributed by atoms with Crippen molar-refractivity contribution >= 4 is 27.6 Å². The van der Waals surface area contributed by atoms with Crippen molar-refractivity contribution in [1.29, 1.82) is 0 Å². The van der Waals surface area contributed by atoms with Crippen molar-refractivity contribution in [2.75, 3.05) is 19.0 Å². The number of guanidine groups is 1. The summed E-state index contributed by atoms with van der Waals surface area (Å²) in [6, 6.07) is 3.53. The van der Waals surface area contributed by atoms with E-state index in [0.29, 0.717) is 0 Å². The van der Waals surface area contributed by atoms with Crippen LogP contribution in [0, 0.1) is 5.82 Å². The molecule has 10 nitrogen and oxygen atoms in total. The third-order valence-electron chi connectivity index (χ3n) is 5.62. The summed E-state index contributed by atoms with van der Waals surface area (Å²) in [7, 11) is -2.79. The Morgan fingerprint density at radius 1 is 1.33 bits per heavy atom. The molecule has 0 radical (unpaired) electrons. The molecule has 0 aliphatic carbocycles. The Bertz CT molecular complexity index is 1240. The van der Waals surface area contributed by atoms with Gasteiger partial charge >= 0.3 is 0 Å². The Morgan fingerprint density at radius 3 is 2.70 bits per heavy atom. The second-order valence-electron chi connectivity index (χ2n) is 7.62. The summed E-state index contributed by atoms with van der Waals surface area (Å²) in [5, 5.41) is 1.21. The molecule has 14 heteroatoms. The maximum absolute atomic E-state index is 15.0. The summed E-state index contributed by atoms with van der Waals surface area (Å²) >= 11 is 0. The fraction of sp³-hybridized carbons (Fsp3) is 0.368. The largest absolute Gasteiger partial charge is 0.374 e. The van der Waals surface area contributed by atoms with Gasteiger partial charge in [-0.1, -0.05) is 0 Å². The first kappa shape index (κ1) is 22.9. The number of alkyl halides is 2. The fourth-order valence-corrected chi connectivity index (χ4v) is 5.91. The molecule has 0 bridgehead atoms. The SMILES string of the molecule is C[C@@H]1OC[C@]2(c3cc(NC(=O)c4cnc(C(F)F)cn4)ccc3F)N=C(N)N(C)S(=O)(=O)[C@@H]12. The van der Waals surface area contributed by atoms with Gasteiger partial charge in [0.05, 0.1) is 25.1 Å². The minimum atomic E-state index is -4.03. The van der Waals surface area contributed by atoms with E-state index < -0.39 is 50.8 Å². The van der Waals surface area contributed by atoms with Crippen LogP contribution in [0.2, 0.25) is 0 Å². The number of amides is 1. The maximum Gasteiger partial charge on any atom is 0.281 e. The van der Waals surface area contributed by atoms with Crippen molar-refractivity contribution in [1.82, 2.24) is 14.3 Å². The van der Waals surface area contributed by atoms with Crippen LogP contribution in [-0.4, -0.2) is 59.6 Å². The number of nitrogens with one attached hydrogen (secondary N) is 1. The van der Waals surface area contributed by atoms with Crippen molar-refractivity contribution in [3.63, 3.8) is 0 Å². The Morgan fingerprint density at radius 2 is 2.06 bits per heavy atom. The molecule has 0 unspecified atom stereocenters. The number of aromatic nitrogens is 2. The van der Waals surface area contributed by atoms with Gasteiger partial charge in [-0.2, -0.15) is 0 Å². The first-order chi connectivity index (χ1) is 15.5. The van der Waals surface area contributed by atoms with E-state index in [1.54, 1.807) is 6.92 Å². The number of nitrogens with two attached hydrogens (primary N) is 1. The Balaban J connectivity index is 1.72. The van der Waals surface area contributed by atoms with Crippen molar-refractivity contribution in [2.45, 2.75) is 30.2 Å². The second kappa shape index (κ2) is 7.95. The number of hydrogen-bond acceptors (Lipinski definition) is 8. The van der Waals surface area contributed by atoms with Gasteiger partial charge in [-0.25, -0.2) is 35.9 Å². The first-order valence-corrected chi connectivity index (χ1v) is 11.1. The molecule has 33 heavy (non-hydrogen) atoms. The van der Waals surface area contributed by atoms with Gasteiger partial charge in [-0.15, -0.1) is 0 Å². The lowest BCUT2D eigenvalue weighted by molar-refractivity contribution is 0.102. The third-order valence-corrected chi connectivity index (χ3v) is 7.99.